The summed E-state index contributed by atoms with van der Waals surface area (Å²) in [5.41, 5.74) is 15.4. The molecule has 7 aromatic rings. The molecule has 2 aliphatic heterocycles. The molecule has 7 heterocycles. The van der Waals surface area contributed by atoms with Crippen LogP contribution < -0.4 is 11.5 Å². The number of nitrogen functional groups attached to an aromatic ring is 2. The second kappa shape index (κ2) is 12.4. The lowest BCUT2D eigenvalue weighted by molar-refractivity contribution is -0.0216. The summed E-state index contributed by atoms with van der Waals surface area (Å²) in [6.45, 7) is 2.57. The van der Waals surface area contributed by atoms with Gasteiger partial charge < -0.3 is 30.1 Å². The molecule has 4 N–H and O–H groups in total. The van der Waals surface area contributed by atoms with Crippen molar-refractivity contribution in [2.75, 3.05) is 37.9 Å². The molecule has 0 aliphatic carbocycles. The fourth-order valence-electron chi connectivity index (χ4n) is 6.16. The summed E-state index contributed by atoms with van der Waals surface area (Å²) in [6, 6.07) is 9.01. The molecule has 2 saturated heterocycles. The van der Waals surface area contributed by atoms with Crippen LogP contribution in [0.2, 0.25) is 0 Å². The Morgan fingerprint density at radius 1 is 0.735 bits per heavy atom. The summed E-state index contributed by atoms with van der Waals surface area (Å²) in [7, 11) is 0. The Bertz CT molecular complexity index is 2370. The van der Waals surface area contributed by atoms with Crippen molar-refractivity contribution in [3.63, 3.8) is 0 Å². The van der Waals surface area contributed by atoms with Gasteiger partial charge >= 0.3 is 0 Å². The van der Waals surface area contributed by atoms with Crippen LogP contribution in [0.15, 0.2) is 72.1 Å². The zero-order valence-electron chi connectivity index (χ0n) is 25.7. The fourth-order valence-corrected chi connectivity index (χ4v) is 6.76. The third kappa shape index (κ3) is 5.62. The van der Waals surface area contributed by atoms with E-state index < -0.39 is 17.5 Å². The molecule has 2 aromatic carbocycles. The average Bonchev–Trinajstić information content (AvgIpc) is 3.55. The fraction of sp³-hybridized carbons (Fsp3) is 0.206. The molecule has 2 fully saturated rings. The predicted octanol–water partition coefficient (Wildman–Crippen LogP) is 6.16. The minimum Gasteiger partial charge on any atom is -0.383 e. The second-order valence-electron chi connectivity index (χ2n) is 11.9. The van der Waals surface area contributed by atoms with E-state index in [1.54, 1.807) is 18.2 Å². The van der Waals surface area contributed by atoms with Gasteiger partial charge in [-0.3, -0.25) is 4.98 Å². The van der Waals surface area contributed by atoms with Crippen molar-refractivity contribution < 1.29 is 22.6 Å². The lowest BCUT2D eigenvalue weighted by atomic mass is 10.00. The smallest absolute Gasteiger partial charge is 0.147 e. The normalized spacial score (nSPS) is 14.9. The van der Waals surface area contributed by atoms with Gasteiger partial charge in [0.15, 0.2) is 0 Å². The third-order valence-electron chi connectivity index (χ3n) is 8.75. The van der Waals surface area contributed by atoms with Crippen molar-refractivity contribution in [1.82, 2.24) is 34.1 Å². The van der Waals surface area contributed by atoms with Gasteiger partial charge in [-0.2, -0.15) is 0 Å². The number of rotatable bonds is 5. The van der Waals surface area contributed by atoms with Gasteiger partial charge in [0, 0.05) is 57.8 Å². The van der Waals surface area contributed by atoms with E-state index in [0.717, 1.165) is 34.8 Å². The van der Waals surface area contributed by atoms with E-state index in [1.165, 1.54) is 31.0 Å². The van der Waals surface area contributed by atoms with E-state index in [-0.39, 0.29) is 18.3 Å². The molecular weight excluding hydrogens is 703 g/mol. The molecule has 9 rings (SSSR count). The number of benzene rings is 2. The first-order chi connectivity index (χ1) is 23.7. The van der Waals surface area contributed by atoms with Gasteiger partial charge in [-0.1, -0.05) is 12.1 Å². The quantitative estimate of drug-likeness (QED) is 0.213. The summed E-state index contributed by atoms with van der Waals surface area (Å²) >= 11 is 3.47. The van der Waals surface area contributed by atoms with Crippen LogP contribution in [0.1, 0.15) is 23.3 Å². The summed E-state index contributed by atoms with van der Waals surface area (Å²) < 4.78 is 58.2. The van der Waals surface area contributed by atoms with Crippen LogP contribution in [-0.2, 0) is 15.9 Å². The summed E-state index contributed by atoms with van der Waals surface area (Å²) in [6.07, 6.45) is 8.37. The molecule has 2 aliphatic rings. The number of fused-ring (bicyclic) bond motifs is 3. The maximum absolute atomic E-state index is 15.7. The molecule has 11 nitrogen and oxygen atoms in total. The molecule has 248 valence electrons. The second-order valence-corrected chi connectivity index (χ2v) is 12.8. The van der Waals surface area contributed by atoms with Crippen molar-refractivity contribution in [3.8, 4) is 11.1 Å². The molecule has 0 saturated carbocycles. The minimum atomic E-state index is -0.651. The zero-order valence-corrected chi connectivity index (χ0v) is 27.2. The number of aromatic nitrogens is 7. The van der Waals surface area contributed by atoms with Gasteiger partial charge in [-0.05, 0) is 45.1 Å². The molecule has 0 atom stereocenters. The van der Waals surface area contributed by atoms with Gasteiger partial charge in [0.25, 0.3) is 0 Å². The first kappa shape index (κ1) is 31.2. The van der Waals surface area contributed by atoms with Gasteiger partial charge in [0.05, 0.1) is 49.3 Å². The van der Waals surface area contributed by atoms with Gasteiger partial charge in [0.2, 0.25) is 0 Å². The molecule has 0 bridgehead atoms. The highest BCUT2D eigenvalue weighted by Crippen LogP contribution is 2.38. The van der Waals surface area contributed by atoms with E-state index in [9.17, 15) is 8.78 Å². The van der Waals surface area contributed by atoms with Gasteiger partial charge in [-0.15, -0.1) is 0 Å². The molecule has 0 spiro atoms. The lowest BCUT2D eigenvalue weighted by Gasteiger charge is -2.27. The molecule has 0 unspecified atom stereocenters. The van der Waals surface area contributed by atoms with Crippen molar-refractivity contribution in [2.45, 2.75) is 18.5 Å². The average molecular weight is 731 g/mol. The maximum Gasteiger partial charge on any atom is 0.147 e. The van der Waals surface area contributed by atoms with Crippen LogP contribution in [-0.4, -0.2) is 60.5 Å². The highest BCUT2D eigenvalue weighted by atomic mass is 79.9. The highest BCUT2D eigenvalue weighted by Gasteiger charge is 2.27. The van der Waals surface area contributed by atoms with E-state index in [2.05, 4.69) is 45.4 Å². The Kier molecular flexibility index (Phi) is 7.89. The van der Waals surface area contributed by atoms with Gasteiger partial charge in [0.1, 0.15) is 53.0 Å². The molecule has 0 radical (unpaired) electrons. The van der Waals surface area contributed by atoms with Crippen molar-refractivity contribution in [3.05, 3.63) is 101 Å². The van der Waals surface area contributed by atoms with Crippen LogP contribution in [0.5, 0.6) is 0 Å². The number of halogens is 4. The predicted molar refractivity (Wildman–Crippen MR) is 181 cm³/mol. The molecule has 5 aromatic heterocycles. The van der Waals surface area contributed by atoms with Crippen molar-refractivity contribution in [1.29, 1.82) is 0 Å². The highest BCUT2D eigenvalue weighted by molar-refractivity contribution is 9.10. The summed E-state index contributed by atoms with van der Waals surface area (Å²) in [4.78, 5) is 21.0. The van der Waals surface area contributed by atoms with Crippen molar-refractivity contribution in [2.24, 2.45) is 0 Å². The van der Waals surface area contributed by atoms with Crippen LogP contribution in [0, 0.1) is 17.5 Å². The van der Waals surface area contributed by atoms with E-state index in [1.807, 2.05) is 17.0 Å². The molecule has 15 heteroatoms. The number of ether oxygens (including phenoxy) is 2. The maximum atomic E-state index is 15.7. The van der Waals surface area contributed by atoms with Crippen LogP contribution >= 0.6 is 15.9 Å². The molecular formula is C34H27BrF3N9O2. The topological polar surface area (TPSA) is 145 Å². The summed E-state index contributed by atoms with van der Waals surface area (Å²) in [5, 5.41) is 2.42. The standard InChI is InChI=1S/C25H18F3N5O.C9H9BrN4O/c26-15-3-13(4-16(27)7-15)5-17-6-14-1-2-19(23(28)20(14)8-30-17)21-9-33(18-10-34-11-18)25-22(21)24(29)31-12-32-25;10-6-1-14(5-2-15-3-5)9-7(6)8(11)12-4-13-9/h1-4,6-9,12,18H,5,10-11H2,(H2,29,31,32);1,4-5H,2-3H2,(H2,11,12,13). The lowest BCUT2D eigenvalue weighted by Crippen LogP contribution is -2.30. The first-order valence-corrected chi connectivity index (χ1v) is 16.1. The van der Waals surface area contributed by atoms with Crippen LogP contribution in [0.25, 0.3) is 44.0 Å². The number of hydrogen-bond acceptors (Lipinski definition) is 9. The van der Waals surface area contributed by atoms with E-state index >= 15 is 4.39 Å². The van der Waals surface area contributed by atoms with Crippen LogP contribution in [0.4, 0.5) is 24.8 Å². The largest absolute Gasteiger partial charge is 0.383 e. The Morgan fingerprint density at radius 2 is 1.35 bits per heavy atom. The SMILES string of the molecule is Nc1ncnc2c1c(-c1ccc3cc(Cc4cc(F)cc(F)c4)ncc3c1F)cn2C1COC1.Nc1ncnc2c1c(Br)cn2C1COC1. The summed E-state index contributed by atoms with van der Waals surface area (Å²) in [5.74, 6) is -0.967. The molecule has 0 amide bonds. The molecule has 49 heavy (non-hydrogen) atoms. The Labute approximate surface area is 284 Å². The Hall–Kier alpha value is -5.12. The number of hydrogen-bond donors (Lipinski definition) is 2. The number of nitrogens with zero attached hydrogens (tertiary/aromatic N) is 7. The Morgan fingerprint density at radius 3 is 1.98 bits per heavy atom. The van der Waals surface area contributed by atoms with Crippen LogP contribution in [0.3, 0.4) is 0 Å². The number of anilines is 2. The zero-order chi connectivity index (χ0) is 33.8. The third-order valence-corrected chi connectivity index (χ3v) is 9.35. The number of nitrogens with two attached hydrogens (primary N) is 2. The first-order valence-electron chi connectivity index (χ1n) is 15.3. The monoisotopic (exact) mass is 729 g/mol. The minimum absolute atomic E-state index is 0.103. The van der Waals surface area contributed by atoms with Gasteiger partial charge in [-0.25, -0.2) is 33.1 Å². The Balaban J connectivity index is 0.000000193. The van der Waals surface area contributed by atoms with E-state index in [4.69, 9.17) is 20.9 Å². The van der Waals surface area contributed by atoms with Crippen molar-refractivity contribution >= 4 is 60.4 Å². The number of pyridine rings is 1. The van der Waals surface area contributed by atoms with E-state index in [0.29, 0.717) is 69.3 Å².